The zero-order chi connectivity index (χ0) is 12.3. The number of hydrazine groups is 1. The van der Waals surface area contributed by atoms with Gasteiger partial charge in [-0.1, -0.05) is 6.07 Å². The number of benzene rings is 1. The first-order valence-electron chi connectivity index (χ1n) is 5.33. The summed E-state index contributed by atoms with van der Waals surface area (Å²) in [5.74, 6) is 7.49. The molecule has 17 heavy (non-hydrogen) atoms. The highest BCUT2D eigenvalue weighted by molar-refractivity contribution is 8.06. The van der Waals surface area contributed by atoms with Crippen LogP contribution >= 0.6 is 23.5 Å². The van der Waals surface area contributed by atoms with Gasteiger partial charge in [0.15, 0.2) is 0 Å². The largest absolute Gasteiger partial charge is 0.271 e. The van der Waals surface area contributed by atoms with Crippen molar-refractivity contribution >= 4 is 23.5 Å². The Morgan fingerprint density at radius 1 is 1.35 bits per heavy atom. The van der Waals surface area contributed by atoms with Crippen LogP contribution in [0.5, 0.6) is 0 Å². The molecule has 3 N–H and O–H groups in total. The summed E-state index contributed by atoms with van der Waals surface area (Å²) < 4.78 is 26.5. The van der Waals surface area contributed by atoms with Crippen LogP contribution in [0.15, 0.2) is 18.2 Å². The van der Waals surface area contributed by atoms with Crippen molar-refractivity contribution in [2.24, 2.45) is 5.84 Å². The molecule has 0 saturated carbocycles. The zero-order valence-corrected chi connectivity index (χ0v) is 10.8. The van der Waals surface area contributed by atoms with E-state index in [2.05, 4.69) is 5.43 Å². The van der Waals surface area contributed by atoms with Gasteiger partial charge in [0.25, 0.3) is 0 Å². The summed E-state index contributed by atoms with van der Waals surface area (Å²) in [7, 11) is 0. The highest BCUT2D eigenvalue weighted by Crippen LogP contribution is 2.34. The number of thioether (sulfide) groups is 2. The molecular weight excluding hydrogens is 262 g/mol. The van der Waals surface area contributed by atoms with Crippen LogP contribution in [0.2, 0.25) is 0 Å². The molecule has 0 amide bonds. The van der Waals surface area contributed by atoms with Crippen molar-refractivity contribution in [3.63, 3.8) is 0 Å². The van der Waals surface area contributed by atoms with Gasteiger partial charge in [-0.2, -0.15) is 23.5 Å². The molecule has 0 spiro atoms. The minimum atomic E-state index is -0.562. The molecule has 1 saturated heterocycles. The molecule has 1 aliphatic rings. The minimum absolute atomic E-state index is 0.221. The Labute approximate surface area is 108 Å². The first-order valence-corrected chi connectivity index (χ1v) is 7.53. The fourth-order valence-electron chi connectivity index (χ4n) is 1.85. The second-order valence-corrected chi connectivity index (χ2v) is 6.29. The standard InChI is InChI=1S/C11H14F2N2S2/c12-7-1-2-8(9(13)5-7)11(15-14)10-6-16-3-4-17-10/h1-2,5,10-11,15H,3-4,6,14H2. The molecule has 2 nitrogen and oxygen atoms in total. The summed E-state index contributed by atoms with van der Waals surface area (Å²) in [5.41, 5.74) is 3.09. The van der Waals surface area contributed by atoms with E-state index in [4.69, 9.17) is 5.84 Å². The lowest BCUT2D eigenvalue weighted by molar-refractivity contribution is 0.503. The number of nitrogens with two attached hydrogens (primary N) is 1. The average Bonchev–Trinajstić information content (AvgIpc) is 2.34. The van der Waals surface area contributed by atoms with E-state index in [0.29, 0.717) is 5.56 Å². The Kier molecular flexibility index (Phi) is 4.67. The molecule has 1 aromatic carbocycles. The van der Waals surface area contributed by atoms with Crippen molar-refractivity contribution in [3.05, 3.63) is 35.4 Å². The van der Waals surface area contributed by atoms with Crippen molar-refractivity contribution in [2.45, 2.75) is 11.3 Å². The molecule has 0 bridgehead atoms. The second kappa shape index (κ2) is 6.04. The van der Waals surface area contributed by atoms with Crippen LogP contribution in [0.1, 0.15) is 11.6 Å². The Hall–Kier alpha value is -0.300. The third-order valence-corrected chi connectivity index (χ3v) is 5.55. The van der Waals surface area contributed by atoms with Gasteiger partial charge in [0.05, 0.1) is 6.04 Å². The summed E-state index contributed by atoms with van der Waals surface area (Å²) in [6.07, 6.45) is 0. The van der Waals surface area contributed by atoms with Crippen LogP contribution in [0.4, 0.5) is 8.78 Å². The van der Waals surface area contributed by atoms with E-state index >= 15 is 0 Å². The number of rotatable bonds is 3. The van der Waals surface area contributed by atoms with Gasteiger partial charge in [-0.25, -0.2) is 8.78 Å². The molecule has 94 valence electrons. The number of nitrogens with one attached hydrogen (secondary N) is 1. The lowest BCUT2D eigenvalue weighted by Crippen LogP contribution is -2.38. The van der Waals surface area contributed by atoms with Crippen LogP contribution in [0.25, 0.3) is 0 Å². The SMILES string of the molecule is NNC(c1ccc(F)cc1F)C1CSCCS1. The van der Waals surface area contributed by atoms with E-state index in [9.17, 15) is 8.78 Å². The lowest BCUT2D eigenvalue weighted by atomic mass is 10.0. The molecule has 0 radical (unpaired) electrons. The van der Waals surface area contributed by atoms with E-state index in [1.165, 1.54) is 12.1 Å². The number of halogens is 2. The fourth-order valence-corrected chi connectivity index (χ4v) is 4.69. The molecule has 0 aliphatic carbocycles. The molecule has 1 fully saturated rings. The van der Waals surface area contributed by atoms with Gasteiger partial charge < -0.3 is 0 Å². The maximum absolute atomic E-state index is 13.7. The number of hydrogen-bond acceptors (Lipinski definition) is 4. The summed E-state index contributed by atoms with van der Waals surface area (Å²) >= 11 is 3.62. The van der Waals surface area contributed by atoms with Gasteiger partial charge in [0, 0.05) is 34.1 Å². The van der Waals surface area contributed by atoms with E-state index in [0.717, 1.165) is 23.3 Å². The van der Waals surface area contributed by atoms with Crippen LogP contribution in [0.3, 0.4) is 0 Å². The molecule has 0 aromatic heterocycles. The van der Waals surface area contributed by atoms with Crippen LogP contribution in [0, 0.1) is 11.6 Å². The highest BCUT2D eigenvalue weighted by atomic mass is 32.2. The van der Waals surface area contributed by atoms with Gasteiger partial charge in [-0.3, -0.25) is 11.3 Å². The fraction of sp³-hybridized carbons (Fsp3) is 0.455. The molecule has 6 heteroatoms. The van der Waals surface area contributed by atoms with Crippen LogP contribution in [-0.2, 0) is 0 Å². The zero-order valence-electron chi connectivity index (χ0n) is 9.16. The van der Waals surface area contributed by atoms with E-state index in [-0.39, 0.29) is 11.3 Å². The topological polar surface area (TPSA) is 38.0 Å². The Morgan fingerprint density at radius 2 is 2.18 bits per heavy atom. The normalized spacial score (nSPS) is 22.4. The smallest absolute Gasteiger partial charge is 0.130 e. The first kappa shape index (κ1) is 13.1. The van der Waals surface area contributed by atoms with E-state index in [1.807, 2.05) is 11.8 Å². The maximum Gasteiger partial charge on any atom is 0.130 e. The third kappa shape index (κ3) is 3.13. The van der Waals surface area contributed by atoms with Crippen molar-refractivity contribution in [3.8, 4) is 0 Å². The van der Waals surface area contributed by atoms with Crippen LogP contribution < -0.4 is 11.3 Å². The summed E-state index contributed by atoms with van der Waals surface area (Å²) in [6, 6.07) is 3.37. The van der Waals surface area contributed by atoms with Gasteiger partial charge in [-0.05, 0) is 6.07 Å². The van der Waals surface area contributed by atoms with Gasteiger partial charge in [0.1, 0.15) is 11.6 Å². The summed E-state index contributed by atoms with van der Waals surface area (Å²) in [6.45, 7) is 0. The predicted octanol–water partition coefficient (Wildman–Crippen LogP) is 2.32. The predicted molar refractivity (Wildman–Crippen MR) is 70.0 cm³/mol. The van der Waals surface area contributed by atoms with Crippen molar-refractivity contribution < 1.29 is 8.78 Å². The van der Waals surface area contributed by atoms with Gasteiger partial charge in [-0.15, -0.1) is 0 Å². The Balaban J connectivity index is 2.21. The monoisotopic (exact) mass is 276 g/mol. The number of hydrogen-bond donors (Lipinski definition) is 2. The van der Waals surface area contributed by atoms with Gasteiger partial charge >= 0.3 is 0 Å². The molecule has 2 rings (SSSR count). The Morgan fingerprint density at radius 3 is 2.76 bits per heavy atom. The maximum atomic E-state index is 13.7. The summed E-state index contributed by atoms with van der Waals surface area (Å²) in [4.78, 5) is 0. The molecule has 1 aromatic rings. The summed E-state index contributed by atoms with van der Waals surface area (Å²) in [5, 5.41) is 0.221. The third-order valence-electron chi connectivity index (χ3n) is 2.69. The quantitative estimate of drug-likeness (QED) is 0.656. The highest BCUT2D eigenvalue weighted by Gasteiger charge is 2.27. The molecule has 1 heterocycles. The molecule has 2 unspecified atom stereocenters. The molecular formula is C11H14F2N2S2. The van der Waals surface area contributed by atoms with E-state index in [1.54, 1.807) is 11.8 Å². The van der Waals surface area contributed by atoms with Crippen LogP contribution in [-0.4, -0.2) is 22.5 Å². The minimum Gasteiger partial charge on any atom is -0.271 e. The Bertz CT molecular complexity index is 384. The second-order valence-electron chi connectivity index (χ2n) is 3.79. The average molecular weight is 276 g/mol. The van der Waals surface area contributed by atoms with Gasteiger partial charge in [0.2, 0.25) is 0 Å². The first-order chi connectivity index (χ1) is 8.22. The van der Waals surface area contributed by atoms with E-state index < -0.39 is 11.6 Å². The van der Waals surface area contributed by atoms with Crippen molar-refractivity contribution in [2.75, 3.05) is 17.3 Å². The molecule has 2 atom stereocenters. The van der Waals surface area contributed by atoms with Crippen molar-refractivity contribution in [1.82, 2.24) is 5.43 Å². The lowest BCUT2D eigenvalue weighted by Gasteiger charge is -2.29. The van der Waals surface area contributed by atoms with Crippen molar-refractivity contribution in [1.29, 1.82) is 0 Å². The molecule has 1 aliphatic heterocycles.